The van der Waals surface area contributed by atoms with Crippen molar-refractivity contribution < 1.29 is 13.7 Å². The highest BCUT2D eigenvalue weighted by molar-refractivity contribution is 5.79. The normalized spacial score (nSPS) is 17.1. The minimum atomic E-state index is -0.359. The average molecular weight is 351 g/mol. The lowest BCUT2D eigenvalue weighted by molar-refractivity contribution is -0.128. The van der Waals surface area contributed by atoms with E-state index in [0.717, 1.165) is 5.56 Å². The molecule has 1 amide bonds. The van der Waals surface area contributed by atoms with Crippen LogP contribution in [-0.4, -0.2) is 27.5 Å². The molecule has 0 radical (unpaired) electrons. The first-order valence-electron chi connectivity index (χ1n) is 8.51. The highest BCUT2D eigenvalue weighted by Gasteiger charge is 2.33. The Hall–Kier alpha value is -3.02. The van der Waals surface area contributed by atoms with Gasteiger partial charge in [0.2, 0.25) is 5.91 Å². The van der Waals surface area contributed by atoms with Gasteiger partial charge in [0.05, 0.1) is 0 Å². The Kier molecular flexibility index (Phi) is 4.24. The molecule has 1 atom stereocenters. The van der Waals surface area contributed by atoms with Crippen molar-refractivity contribution in [2.45, 2.75) is 25.8 Å². The molecule has 1 aliphatic heterocycles. The third-order valence-electron chi connectivity index (χ3n) is 4.55. The lowest BCUT2D eigenvalue weighted by atomic mass is 10.1. The SMILES string of the molecule is Cc1cccc(CN2CC(c3noc(-c4cccc(F)c4)n3)CC2=O)c1. The van der Waals surface area contributed by atoms with Gasteiger partial charge in [0.1, 0.15) is 5.82 Å². The average Bonchev–Trinajstić information content (AvgIpc) is 3.23. The van der Waals surface area contributed by atoms with Crippen LogP contribution in [0.4, 0.5) is 4.39 Å². The number of benzene rings is 2. The minimum Gasteiger partial charge on any atom is -0.338 e. The largest absolute Gasteiger partial charge is 0.338 e. The van der Waals surface area contributed by atoms with Gasteiger partial charge in [-0.05, 0) is 30.7 Å². The fourth-order valence-corrected chi connectivity index (χ4v) is 3.27. The molecule has 1 unspecified atom stereocenters. The van der Waals surface area contributed by atoms with E-state index < -0.39 is 0 Å². The number of halogens is 1. The Balaban J connectivity index is 1.49. The van der Waals surface area contributed by atoms with Gasteiger partial charge in [0.15, 0.2) is 5.82 Å². The minimum absolute atomic E-state index is 0.0774. The smallest absolute Gasteiger partial charge is 0.258 e. The van der Waals surface area contributed by atoms with Gasteiger partial charge >= 0.3 is 0 Å². The summed E-state index contributed by atoms with van der Waals surface area (Å²) in [5, 5.41) is 4.01. The Morgan fingerprint density at radius 2 is 2.08 bits per heavy atom. The van der Waals surface area contributed by atoms with Crippen LogP contribution >= 0.6 is 0 Å². The van der Waals surface area contributed by atoms with Gasteiger partial charge in [0, 0.05) is 31.0 Å². The fraction of sp³-hybridized carbons (Fsp3) is 0.250. The van der Waals surface area contributed by atoms with Gasteiger partial charge in [-0.15, -0.1) is 0 Å². The summed E-state index contributed by atoms with van der Waals surface area (Å²) >= 11 is 0. The zero-order valence-corrected chi connectivity index (χ0v) is 14.4. The first kappa shape index (κ1) is 16.4. The van der Waals surface area contributed by atoms with Gasteiger partial charge in [0.25, 0.3) is 5.89 Å². The molecule has 1 fully saturated rings. The molecule has 0 saturated carbocycles. The summed E-state index contributed by atoms with van der Waals surface area (Å²) in [5.41, 5.74) is 2.81. The van der Waals surface area contributed by atoms with Crippen molar-refractivity contribution in [2.24, 2.45) is 0 Å². The molecule has 2 aromatic carbocycles. The number of carbonyl (C=O) groups is 1. The number of rotatable bonds is 4. The van der Waals surface area contributed by atoms with Gasteiger partial charge in [-0.3, -0.25) is 4.79 Å². The maximum atomic E-state index is 13.4. The molecule has 2 heterocycles. The third-order valence-corrected chi connectivity index (χ3v) is 4.55. The van der Waals surface area contributed by atoms with Crippen LogP contribution in [0.1, 0.15) is 29.3 Å². The Labute approximate surface area is 150 Å². The number of likely N-dealkylation sites (tertiary alicyclic amines) is 1. The number of hydrogen-bond donors (Lipinski definition) is 0. The number of nitrogens with zero attached hydrogens (tertiary/aromatic N) is 3. The van der Waals surface area contributed by atoms with Gasteiger partial charge < -0.3 is 9.42 Å². The summed E-state index contributed by atoms with van der Waals surface area (Å²) in [6.07, 6.45) is 0.355. The molecular weight excluding hydrogens is 333 g/mol. The number of aromatic nitrogens is 2. The van der Waals surface area contributed by atoms with Crippen LogP contribution in [0.2, 0.25) is 0 Å². The van der Waals surface area contributed by atoms with Crippen LogP contribution in [-0.2, 0) is 11.3 Å². The van der Waals surface area contributed by atoms with E-state index in [9.17, 15) is 9.18 Å². The van der Waals surface area contributed by atoms with E-state index in [1.807, 2.05) is 30.0 Å². The van der Waals surface area contributed by atoms with Crippen molar-refractivity contribution in [3.8, 4) is 11.5 Å². The predicted molar refractivity (Wildman–Crippen MR) is 93.6 cm³/mol. The molecule has 1 saturated heterocycles. The molecule has 6 heteroatoms. The van der Waals surface area contributed by atoms with Crippen LogP contribution in [0, 0.1) is 12.7 Å². The van der Waals surface area contributed by atoms with Crippen LogP contribution in [0.3, 0.4) is 0 Å². The standard InChI is InChI=1S/C20H18FN3O2/c1-13-4-2-5-14(8-13)11-24-12-16(10-18(24)25)19-22-20(26-23-19)15-6-3-7-17(21)9-15/h2-9,16H,10-12H2,1H3. The van der Waals surface area contributed by atoms with Crippen LogP contribution in [0.15, 0.2) is 53.1 Å². The molecule has 0 aliphatic carbocycles. The van der Waals surface area contributed by atoms with E-state index in [0.29, 0.717) is 30.9 Å². The summed E-state index contributed by atoms with van der Waals surface area (Å²) < 4.78 is 18.6. The second kappa shape index (κ2) is 6.71. The molecule has 26 heavy (non-hydrogen) atoms. The van der Waals surface area contributed by atoms with Crippen LogP contribution < -0.4 is 0 Å². The topological polar surface area (TPSA) is 59.2 Å². The summed E-state index contributed by atoms with van der Waals surface area (Å²) in [4.78, 5) is 18.5. The monoisotopic (exact) mass is 351 g/mol. The molecule has 3 aromatic rings. The van der Waals surface area contributed by atoms with E-state index >= 15 is 0 Å². The molecule has 0 N–H and O–H groups in total. The molecule has 0 spiro atoms. The third kappa shape index (κ3) is 3.35. The number of carbonyl (C=O) groups excluding carboxylic acids is 1. The molecule has 1 aliphatic rings. The fourth-order valence-electron chi connectivity index (χ4n) is 3.27. The summed E-state index contributed by atoms with van der Waals surface area (Å²) in [5.74, 6) is 0.364. The first-order chi connectivity index (χ1) is 12.6. The number of amides is 1. The maximum Gasteiger partial charge on any atom is 0.258 e. The second-order valence-corrected chi connectivity index (χ2v) is 6.63. The molecule has 1 aromatic heterocycles. The molecule has 5 nitrogen and oxygen atoms in total. The number of hydrogen-bond acceptors (Lipinski definition) is 4. The van der Waals surface area contributed by atoms with Crippen molar-refractivity contribution in [2.75, 3.05) is 6.54 Å². The van der Waals surface area contributed by atoms with Crippen molar-refractivity contribution >= 4 is 5.91 Å². The Morgan fingerprint density at radius 3 is 2.88 bits per heavy atom. The first-order valence-corrected chi connectivity index (χ1v) is 8.51. The van der Waals surface area contributed by atoms with Gasteiger partial charge in [-0.1, -0.05) is 41.1 Å². The lowest BCUT2D eigenvalue weighted by Crippen LogP contribution is -2.24. The summed E-state index contributed by atoms with van der Waals surface area (Å²) in [7, 11) is 0. The van der Waals surface area contributed by atoms with Crippen LogP contribution in [0.25, 0.3) is 11.5 Å². The Morgan fingerprint density at radius 1 is 1.23 bits per heavy atom. The van der Waals surface area contributed by atoms with E-state index in [1.165, 1.54) is 17.7 Å². The Bertz CT molecular complexity index is 953. The van der Waals surface area contributed by atoms with Crippen molar-refractivity contribution in [3.63, 3.8) is 0 Å². The highest BCUT2D eigenvalue weighted by Crippen LogP contribution is 2.29. The van der Waals surface area contributed by atoms with E-state index in [-0.39, 0.29) is 23.5 Å². The lowest BCUT2D eigenvalue weighted by Gasteiger charge is -2.16. The van der Waals surface area contributed by atoms with Crippen molar-refractivity contribution in [1.29, 1.82) is 0 Å². The van der Waals surface area contributed by atoms with Crippen molar-refractivity contribution in [3.05, 3.63) is 71.3 Å². The number of aryl methyl sites for hydroxylation is 1. The molecule has 132 valence electrons. The van der Waals surface area contributed by atoms with Crippen molar-refractivity contribution in [1.82, 2.24) is 15.0 Å². The highest BCUT2D eigenvalue weighted by atomic mass is 19.1. The predicted octanol–water partition coefficient (Wildman–Crippen LogP) is 3.70. The van der Waals surface area contributed by atoms with Crippen LogP contribution in [0.5, 0.6) is 0 Å². The van der Waals surface area contributed by atoms with Gasteiger partial charge in [-0.25, -0.2) is 4.39 Å². The quantitative estimate of drug-likeness (QED) is 0.719. The molecule has 4 rings (SSSR count). The second-order valence-electron chi connectivity index (χ2n) is 6.63. The van der Waals surface area contributed by atoms with E-state index in [1.54, 1.807) is 12.1 Å². The summed E-state index contributed by atoms with van der Waals surface area (Å²) in [6, 6.07) is 14.1. The maximum absolute atomic E-state index is 13.4. The zero-order valence-electron chi connectivity index (χ0n) is 14.4. The van der Waals surface area contributed by atoms with E-state index in [4.69, 9.17) is 4.52 Å². The summed E-state index contributed by atoms with van der Waals surface area (Å²) in [6.45, 7) is 3.16. The molecule has 0 bridgehead atoms. The van der Waals surface area contributed by atoms with Gasteiger partial charge in [-0.2, -0.15) is 4.98 Å². The molecular formula is C20H18FN3O2. The van der Waals surface area contributed by atoms with E-state index in [2.05, 4.69) is 16.2 Å². The zero-order chi connectivity index (χ0) is 18.1.